The van der Waals surface area contributed by atoms with E-state index in [0.29, 0.717) is 24.1 Å². The highest BCUT2D eigenvalue weighted by Crippen LogP contribution is 2.46. The molecule has 0 saturated carbocycles. The van der Waals surface area contributed by atoms with Gasteiger partial charge in [-0.1, -0.05) is 32.0 Å². The number of hydrogen-bond donors (Lipinski definition) is 2. The van der Waals surface area contributed by atoms with E-state index in [2.05, 4.69) is 78.5 Å². The number of piperidine rings is 1. The highest BCUT2D eigenvalue weighted by Gasteiger charge is 2.37. The first-order chi connectivity index (χ1) is 21.7. The van der Waals surface area contributed by atoms with E-state index in [1.54, 1.807) is 11.8 Å². The molecule has 1 atom stereocenters. The Balaban J connectivity index is 1.35. The number of ether oxygens (including phenoxy) is 1. The van der Waals surface area contributed by atoms with E-state index in [1.807, 2.05) is 19.3 Å². The maximum atomic E-state index is 12.7. The number of aromatic nitrogens is 4. The molecule has 10 heteroatoms. The van der Waals surface area contributed by atoms with Gasteiger partial charge in [-0.2, -0.15) is 5.10 Å². The predicted molar refractivity (Wildman–Crippen MR) is 179 cm³/mol. The van der Waals surface area contributed by atoms with Crippen LogP contribution in [0.25, 0.3) is 11.4 Å². The summed E-state index contributed by atoms with van der Waals surface area (Å²) in [5, 5.41) is 8.01. The van der Waals surface area contributed by atoms with Gasteiger partial charge in [0, 0.05) is 55.6 Å². The second-order valence-electron chi connectivity index (χ2n) is 12.3. The largest absolute Gasteiger partial charge is 0.494 e. The van der Waals surface area contributed by atoms with Crippen LogP contribution in [0.5, 0.6) is 5.75 Å². The summed E-state index contributed by atoms with van der Waals surface area (Å²) in [6, 6.07) is 13.3. The molecule has 1 amide bonds. The maximum Gasteiger partial charge on any atom is 0.269 e. The number of nitrogens with two attached hydrogens (primary N) is 1. The number of carbonyl (C=O) groups is 1. The molecule has 1 fully saturated rings. The second kappa shape index (κ2) is 12.5. The van der Waals surface area contributed by atoms with E-state index in [9.17, 15) is 4.79 Å². The first kappa shape index (κ1) is 30.6. The quantitative estimate of drug-likeness (QED) is 0.271. The zero-order valence-electron chi connectivity index (χ0n) is 27.2. The Morgan fingerprint density at radius 1 is 1.09 bits per heavy atom. The monoisotopic (exact) mass is 608 g/mol. The van der Waals surface area contributed by atoms with Crippen LogP contribution in [0.2, 0.25) is 0 Å². The fourth-order valence-corrected chi connectivity index (χ4v) is 7.19. The number of nitrogens with one attached hydrogen (secondary N) is 1. The average Bonchev–Trinajstić information content (AvgIpc) is 3.42. The lowest BCUT2D eigenvalue weighted by atomic mass is 9.75. The van der Waals surface area contributed by atoms with Gasteiger partial charge >= 0.3 is 0 Å². The zero-order valence-corrected chi connectivity index (χ0v) is 27.2. The Kier molecular flexibility index (Phi) is 8.50. The summed E-state index contributed by atoms with van der Waals surface area (Å²) in [5.41, 5.74) is 15.4. The Morgan fingerprint density at radius 3 is 2.42 bits per heavy atom. The smallest absolute Gasteiger partial charge is 0.269 e. The van der Waals surface area contributed by atoms with Crippen molar-refractivity contribution in [3.63, 3.8) is 0 Å². The molecule has 3 heterocycles. The van der Waals surface area contributed by atoms with Gasteiger partial charge in [-0.3, -0.25) is 9.48 Å². The molecule has 236 valence electrons. The minimum absolute atomic E-state index is 0.0763. The number of nitrogens with zero attached hydrogens (tertiary/aromatic N) is 6. The van der Waals surface area contributed by atoms with Gasteiger partial charge in [-0.05, 0) is 80.6 Å². The lowest BCUT2D eigenvalue weighted by molar-refractivity contribution is 0.0993. The minimum Gasteiger partial charge on any atom is -0.494 e. The van der Waals surface area contributed by atoms with E-state index in [1.165, 1.54) is 16.7 Å². The molecule has 2 aromatic carbocycles. The molecule has 3 N–H and O–H groups in total. The van der Waals surface area contributed by atoms with Crippen molar-refractivity contribution >= 4 is 23.2 Å². The number of amides is 1. The molecule has 1 unspecified atom stereocenters. The Labute approximate surface area is 265 Å². The van der Waals surface area contributed by atoms with Gasteiger partial charge in [0.1, 0.15) is 5.75 Å². The Bertz CT molecular complexity index is 1700. The Hall–Kier alpha value is -4.44. The summed E-state index contributed by atoms with van der Waals surface area (Å²) in [4.78, 5) is 27.2. The highest BCUT2D eigenvalue weighted by molar-refractivity contribution is 5.95. The SMILES string of the molecule is CCc1cccc(CC)c1C1Cc2cnc(Nc3ccc(N4CCC(N(C)C)CC4)cc3OC)nc2-c2c1c(C(N)=O)nn2C. The molecule has 0 radical (unpaired) electrons. The first-order valence-corrected chi connectivity index (χ1v) is 15.9. The molecule has 45 heavy (non-hydrogen) atoms. The number of rotatable bonds is 9. The third-order valence-electron chi connectivity index (χ3n) is 9.57. The van der Waals surface area contributed by atoms with Crippen LogP contribution < -0.4 is 20.7 Å². The zero-order chi connectivity index (χ0) is 31.8. The van der Waals surface area contributed by atoms with Crippen molar-refractivity contribution in [1.29, 1.82) is 0 Å². The molecule has 1 aliphatic carbocycles. The van der Waals surface area contributed by atoms with Crippen LogP contribution in [0.15, 0.2) is 42.6 Å². The van der Waals surface area contributed by atoms with Crippen LogP contribution in [0.1, 0.15) is 70.9 Å². The fourth-order valence-electron chi connectivity index (χ4n) is 7.19. The number of aryl methyl sites for hydroxylation is 3. The van der Waals surface area contributed by atoms with Crippen LogP contribution in [0.4, 0.5) is 17.3 Å². The van der Waals surface area contributed by atoms with E-state index >= 15 is 0 Å². The van der Waals surface area contributed by atoms with Crippen LogP contribution >= 0.6 is 0 Å². The van der Waals surface area contributed by atoms with Crippen molar-refractivity contribution in [2.75, 3.05) is 44.5 Å². The number of methoxy groups -OCH3 is 1. The van der Waals surface area contributed by atoms with Crippen LogP contribution in [-0.2, 0) is 26.3 Å². The number of fused-ring (bicyclic) bond motifs is 3. The summed E-state index contributed by atoms with van der Waals surface area (Å²) in [6.45, 7) is 6.36. The van der Waals surface area contributed by atoms with Crippen molar-refractivity contribution in [2.24, 2.45) is 12.8 Å². The number of carbonyl (C=O) groups excluding carboxylic acids is 1. The van der Waals surface area contributed by atoms with Gasteiger partial charge in [-0.15, -0.1) is 0 Å². The molecule has 4 aromatic rings. The van der Waals surface area contributed by atoms with Gasteiger partial charge in [0.05, 0.1) is 24.2 Å². The molecule has 2 aromatic heterocycles. The predicted octanol–water partition coefficient (Wildman–Crippen LogP) is 5.07. The first-order valence-electron chi connectivity index (χ1n) is 15.9. The molecule has 2 aliphatic rings. The van der Waals surface area contributed by atoms with Gasteiger partial charge in [0.25, 0.3) is 5.91 Å². The van der Waals surface area contributed by atoms with Gasteiger partial charge in [0.15, 0.2) is 5.69 Å². The topological polar surface area (TPSA) is 114 Å². The van der Waals surface area contributed by atoms with Gasteiger partial charge in [0.2, 0.25) is 5.95 Å². The van der Waals surface area contributed by atoms with E-state index < -0.39 is 5.91 Å². The molecule has 0 spiro atoms. The standard InChI is InChI=1S/C35H44N8O2/c1-7-21-10-9-11-22(8-2)29(21)26-18-23-20-37-35(39-31(23)33-30(26)32(34(36)44)40-42(33)5)38-27-13-12-25(19-28(27)45-6)43-16-14-24(15-17-43)41(3)4/h9-13,19-20,24,26H,7-8,14-18H2,1-6H3,(H2,36,44)(H,37,38,39). The fraction of sp³-hybridized carbons (Fsp3) is 0.429. The number of anilines is 3. The second-order valence-corrected chi connectivity index (χ2v) is 12.3. The average molecular weight is 609 g/mol. The van der Waals surface area contributed by atoms with Gasteiger partial charge < -0.3 is 25.6 Å². The molecule has 10 nitrogen and oxygen atoms in total. The van der Waals surface area contributed by atoms with Gasteiger partial charge in [-0.25, -0.2) is 9.97 Å². The summed E-state index contributed by atoms with van der Waals surface area (Å²) >= 11 is 0. The summed E-state index contributed by atoms with van der Waals surface area (Å²) in [5.74, 6) is 0.563. The van der Waals surface area contributed by atoms with Crippen molar-refractivity contribution < 1.29 is 9.53 Å². The lowest BCUT2D eigenvalue weighted by Crippen LogP contribution is -2.41. The van der Waals surface area contributed by atoms with E-state index in [0.717, 1.165) is 78.4 Å². The van der Waals surface area contributed by atoms with Crippen molar-refractivity contribution in [3.8, 4) is 17.1 Å². The molecular weight excluding hydrogens is 564 g/mol. The van der Waals surface area contributed by atoms with Crippen molar-refractivity contribution in [3.05, 3.63) is 76.1 Å². The number of primary amides is 1. The summed E-state index contributed by atoms with van der Waals surface area (Å²) in [7, 11) is 7.85. The molecular formula is C35H44N8O2. The molecule has 6 rings (SSSR count). The van der Waals surface area contributed by atoms with E-state index in [4.69, 9.17) is 20.4 Å². The minimum atomic E-state index is -0.532. The lowest BCUT2D eigenvalue weighted by Gasteiger charge is -2.36. The maximum absolute atomic E-state index is 12.7. The van der Waals surface area contributed by atoms with Crippen molar-refractivity contribution in [1.82, 2.24) is 24.6 Å². The van der Waals surface area contributed by atoms with Crippen molar-refractivity contribution in [2.45, 2.75) is 57.9 Å². The van der Waals surface area contributed by atoms with Crippen LogP contribution in [0, 0.1) is 0 Å². The number of hydrogen-bond acceptors (Lipinski definition) is 8. The van der Waals surface area contributed by atoms with Crippen LogP contribution in [-0.4, -0.2) is 70.9 Å². The third kappa shape index (κ3) is 5.63. The Morgan fingerprint density at radius 2 is 1.80 bits per heavy atom. The van der Waals surface area contributed by atoms with Crippen LogP contribution in [0.3, 0.4) is 0 Å². The van der Waals surface area contributed by atoms with E-state index in [-0.39, 0.29) is 5.92 Å². The normalized spacial score (nSPS) is 16.4. The molecule has 1 aliphatic heterocycles. The third-order valence-corrected chi connectivity index (χ3v) is 9.57. The molecule has 0 bridgehead atoms. The summed E-state index contributed by atoms with van der Waals surface area (Å²) in [6.07, 6.45) is 6.60. The molecule has 1 saturated heterocycles. The number of benzene rings is 2. The summed E-state index contributed by atoms with van der Waals surface area (Å²) < 4.78 is 7.56. The highest BCUT2D eigenvalue weighted by atomic mass is 16.5.